The van der Waals surface area contributed by atoms with Gasteiger partial charge in [0.1, 0.15) is 5.82 Å². The lowest BCUT2D eigenvalue weighted by Gasteiger charge is -2.24. The van der Waals surface area contributed by atoms with Gasteiger partial charge >= 0.3 is 0 Å². The minimum atomic E-state index is -0.638. The van der Waals surface area contributed by atoms with Gasteiger partial charge in [-0.05, 0) is 13.0 Å². The number of benzene rings is 1. The third-order valence-electron chi connectivity index (χ3n) is 2.40. The smallest absolute Gasteiger partial charge is 0.177 e. The van der Waals surface area contributed by atoms with Gasteiger partial charge in [-0.15, -0.1) is 0 Å². The number of hydrazine groups is 1. The summed E-state index contributed by atoms with van der Waals surface area (Å²) in [4.78, 5) is 0. The Bertz CT molecular complexity index is 343. The van der Waals surface area contributed by atoms with Gasteiger partial charge in [-0.3, -0.25) is 5.84 Å². The average Bonchev–Trinajstić information content (AvgIpc) is 2.29. The largest absolute Gasteiger partial charge is 0.354 e. The molecule has 0 aliphatic rings. The molecule has 0 aliphatic carbocycles. The Kier molecular flexibility index (Phi) is 4.82. The topological polar surface area (TPSA) is 56.5 Å². The molecule has 0 heterocycles. The lowest BCUT2D eigenvalue weighted by molar-refractivity contribution is -0.124. The van der Waals surface area contributed by atoms with Crippen molar-refractivity contribution in [3.63, 3.8) is 0 Å². The van der Waals surface area contributed by atoms with Gasteiger partial charge in [0, 0.05) is 19.8 Å². The lowest BCUT2D eigenvalue weighted by Crippen LogP contribution is -2.39. The molecule has 3 N–H and O–H groups in total. The Morgan fingerprint density at radius 1 is 1.31 bits per heavy atom. The molecule has 0 amide bonds. The number of aryl methyl sites for hydroxylation is 1. The third kappa shape index (κ3) is 2.76. The molecular formula is C11H17FN2O2. The van der Waals surface area contributed by atoms with Crippen molar-refractivity contribution < 1.29 is 13.9 Å². The summed E-state index contributed by atoms with van der Waals surface area (Å²) in [5, 5.41) is 0. The predicted octanol–water partition coefficient (Wildman–Crippen LogP) is 1.26. The molecule has 0 fully saturated rings. The molecule has 5 heteroatoms. The lowest BCUT2D eigenvalue weighted by atomic mass is 10.0. The summed E-state index contributed by atoms with van der Waals surface area (Å²) >= 11 is 0. The minimum absolute atomic E-state index is 0.340. The van der Waals surface area contributed by atoms with Crippen molar-refractivity contribution in [2.75, 3.05) is 14.2 Å². The zero-order valence-electron chi connectivity index (χ0n) is 9.66. The second-order valence-electron chi connectivity index (χ2n) is 3.51. The number of nitrogens with two attached hydrogens (primary N) is 1. The first-order valence-corrected chi connectivity index (χ1v) is 4.91. The highest BCUT2D eigenvalue weighted by atomic mass is 19.1. The first-order valence-electron chi connectivity index (χ1n) is 4.91. The standard InChI is InChI=1S/C11H17FN2O2/c1-7-4-5-9(12)8(6-7)10(14-13)11(15-2)16-3/h4-6,10-11,14H,13H2,1-3H3. The molecule has 0 spiro atoms. The number of rotatable bonds is 5. The van der Waals surface area contributed by atoms with Crippen molar-refractivity contribution in [1.82, 2.24) is 5.43 Å². The van der Waals surface area contributed by atoms with Crippen LogP contribution < -0.4 is 11.3 Å². The van der Waals surface area contributed by atoms with Crippen LogP contribution in [-0.2, 0) is 9.47 Å². The summed E-state index contributed by atoms with van der Waals surface area (Å²) in [6, 6.07) is 4.26. The highest BCUT2D eigenvalue weighted by molar-refractivity contribution is 5.27. The van der Waals surface area contributed by atoms with E-state index >= 15 is 0 Å². The van der Waals surface area contributed by atoms with Crippen LogP contribution in [0.4, 0.5) is 4.39 Å². The highest BCUT2D eigenvalue weighted by Crippen LogP contribution is 2.22. The summed E-state index contributed by atoms with van der Waals surface area (Å²) < 4.78 is 23.8. The van der Waals surface area contributed by atoms with Crippen LogP contribution in [0.2, 0.25) is 0 Å². The SMILES string of the molecule is COC(OC)C(NN)c1cc(C)ccc1F. The maximum absolute atomic E-state index is 13.6. The molecule has 0 radical (unpaired) electrons. The first kappa shape index (κ1) is 13.1. The first-order chi connectivity index (χ1) is 7.63. The van der Waals surface area contributed by atoms with E-state index in [1.54, 1.807) is 12.1 Å². The molecule has 1 unspecified atom stereocenters. The van der Waals surface area contributed by atoms with E-state index in [4.69, 9.17) is 15.3 Å². The fourth-order valence-electron chi connectivity index (χ4n) is 1.58. The molecule has 1 aromatic rings. The third-order valence-corrected chi connectivity index (χ3v) is 2.40. The van der Waals surface area contributed by atoms with Gasteiger partial charge in [-0.25, -0.2) is 9.82 Å². The zero-order chi connectivity index (χ0) is 12.1. The molecule has 1 aromatic carbocycles. The van der Waals surface area contributed by atoms with Crippen molar-refractivity contribution in [2.45, 2.75) is 19.3 Å². The van der Waals surface area contributed by atoms with Gasteiger partial charge in [0.2, 0.25) is 0 Å². The molecule has 0 aliphatic heterocycles. The van der Waals surface area contributed by atoms with E-state index in [0.717, 1.165) is 5.56 Å². The van der Waals surface area contributed by atoms with Crippen LogP contribution in [0.1, 0.15) is 17.2 Å². The molecule has 0 saturated heterocycles. The predicted molar refractivity (Wildman–Crippen MR) is 59.0 cm³/mol. The number of ether oxygens (including phenoxy) is 2. The number of hydrogen-bond acceptors (Lipinski definition) is 4. The number of halogens is 1. The van der Waals surface area contributed by atoms with Crippen molar-refractivity contribution in [1.29, 1.82) is 0 Å². The monoisotopic (exact) mass is 228 g/mol. The van der Waals surface area contributed by atoms with Gasteiger partial charge in [0.25, 0.3) is 0 Å². The molecule has 0 bridgehead atoms. The van der Waals surface area contributed by atoms with Crippen molar-refractivity contribution >= 4 is 0 Å². The van der Waals surface area contributed by atoms with Crippen molar-refractivity contribution in [3.8, 4) is 0 Å². The van der Waals surface area contributed by atoms with Gasteiger partial charge in [-0.2, -0.15) is 0 Å². The Labute approximate surface area is 94.5 Å². The molecule has 0 aromatic heterocycles. The molecule has 0 saturated carbocycles. The molecule has 1 atom stereocenters. The van der Waals surface area contributed by atoms with Crippen LogP contribution in [0.25, 0.3) is 0 Å². The number of hydrogen-bond donors (Lipinski definition) is 2. The van der Waals surface area contributed by atoms with Crippen LogP contribution in [-0.4, -0.2) is 20.5 Å². The Hall–Kier alpha value is -1.01. The fraction of sp³-hybridized carbons (Fsp3) is 0.455. The molecule has 90 valence electrons. The van der Waals surface area contributed by atoms with Crippen LogP contribution in [0.5, 0.6) is 0 Å². The summed E-state index contributed by atoms with van der Waals surface area (Å²) in [6.45, 7) is 1.88. The summed E-state index contributed by atoms with van der Waals surface area (Å²) in [5.74, 6) is 5.06. The maximum Gasteiger partial charge on any atom is 0.177 e. The van der Waals surface area contributed by atoms with E-state index in [0.29, 0.717) is 5.56 Å². The summed E-state index contributed by atoms with van der Waals surface area (Å²) in [6.07, 6.45) is -0.638. The van der Waals surface area contributed by atoms with Gasteiger partial charge in [0.15, 0.2) is 6.29 Å². The number of methoxy groups -OCH3 is 2. The maximum atomic E-state index is 13.6. The Morgan fingerprint density at radius 3 is 2.44 bits per heavy atom. The highest BCUT2D eigenvalue weighted by Gasteiger charge is 2.24. The average molecular weight is 228 g/mol. The van der Waals surface area contributed by atoms with E-state index in [2.05, 4.69) is 5.43 Å². The van der Waals surface area contributed by atoms with Crippen molar-refractivity contribution in [2.24, 2.45) is 5.84 Å². The van der Waals surface area contributed by atoms with Crippen molar-refractivity contribution in [3.05, 3.63) is 35.1 Å². The zero-order valence-corrected chi connectivity index (χ0v) is 9.66. The minimum Gasteiger partial charge on any atom is -0.354 e. The normalized spacial score (nSPS) is 13.1. The van der Waals surface area contributed by atoms with E-state index in [1.165, 1.54) is 20.3 Å². The van der Waals surface area contributed by atoms with Crippen LogP contribution in [0, 0.1) is 12.7 Å². The van der Waals surface area contributed by atoms with Gasteiger partial charge < -0.3 is 9.47 Å². The summed E-state index contributed by atoms with van der Waals surface area (Å²) in [5.41, 5.74) is 3.87. The molecule has 4 nitrogen and oxygen atoms in total. The van der Waals surface area contributed by atoms with Crippen LogP contribution >= 0.6 is 0 Å². The van der Waals surface area contributed by atoms with Crippen LogP contribution in [0.15, 0.2) is 18.2 Å². The summed E-state index contributed by atoms with van der Waals surface area (Å²) in [7, 11) is 2.96. The Morgan fingerprint density at radius 2 is 1.94 bits per heavy atom. The van der Waals surface area contributed by atoms with E-state index in [-0.39, 0.29) is 5.82 Å². The Balaban J connectivity index is 3.06. The molecular weight excluding hydrogens is 211 g/mol. The molecule has 16 heavy (non-hydrogen) atoms. The number of nitrogens with one attached hydrogen (secondary N) is 1. The van der Waals surface area contributed by atoms with Crippen LogP contribution in [0.3, 0.4) is 0 Å². The fourth-order valence-corrected chi connectivity index (χ4v) is 1.58. The second-order valence-corrected chi connectivity index (χ2v) is 3.51. The van der Waals surface area contributed by atoms with E-state index in [1.807, 2.05) is 6.92 Å². The second kappa shape index (κ2) is 5.91. The quantitative estimate of drug-likeness (QED) is 0.452. The van der Waals surface area contributed by atoms with E-state index in [9.17, 15) is 4.39 Å². The molecule has 1 rings (SSSR count). The van der Waals surface area contributed by atoms with E-state index < -0.39 is 12.3 Å². The van der Waals surface area contributed by atoms with Gasteiger partial charge in [0.05, 0.1) is 6.04 Å². The van der Waals surface area contributed by atoms with Gasteiger partial charge in [-0.1, -0.05) is 17.7 Å².